The molecule has 1 saturated carbocycles. The van der Waals surface area contributed by atoms with E-state index in [1.807, 2.05) is 0 Å². The van der Waals surface area contributed by atoms with Crippen molar-refractivity contribution in [2.24, 2.45) is 11.3 Å². The molecule has 74 valence electrons. The van der Waals surface area contributed by atoms with Gasteiger partial charge in [0.15, 0.2) is 0 Å². The van der Waals surface area contributed by atoms with Crippen molar-refractivity contribution in [1.82, 2.24) is 5.32 Å². The van der Waals surface area contributed by atoms with Gasteiger partial charge in [0.05, 0.1) is 5.41 Å². The molecule has 2 rings (SSSR count). The second-order valence-corrected chi connectivity index (χ2v) is 4.76. The first-order valence-corrected chi connectivity index (χ1v) is 5.52. The Kier molecular flexibility index (Phi) is 2.31. The molecule has 2 aliphatic rings. The number of nitrogens with one attached hydrogen (secondary N) is 1. The summed E-state index contributed by atoms with van der Waals surface area (Å²) in [4.78, 5) is 11.7. The topological polar surface area (TPSA) is 29.1 Å². The Bertz CT molecular complexity index is 208. The van der Waals surface area contributed by atoms with E-state index in [4.69, 9.17) is 0 Å². The van der Waals surface area contributed by atoms with Gasteiger partial charge in [0.1, 0.15) is 0 Å². The van der Waals surface area contributed by atoms with Crippen LogP contribution in [-0.4, -0.2) is 12.5 Å². The van der Waals surface area contributed by atoms with E-state index in [-0.39, 0.29) is 5.41 Å². The first kappa shape index (κ1) is 9.04. The van der Waals surface area contributed by atoms with Gasteiger partial charge < -0.3 is 5.32 Å². The molecule has 0 spiro atoms. The van der Waals surface area contributed by atoms with Crippen molar-refractivity contribution in [1.29, 1.82) is 0 Å². The molecule has 0 bridgehead atoms. The van der Waals surface area contributed by atoms with Crippen molar-refractivity contribution in [3.8, 4) is 0 Å². The highest BCUT2D eigenvalue weighted by atomic mass is 16.2. The highest BCUT2D eigenvalue weighted by molar-refractivity contribution is 5.84. The third-order valence-electron chi connectivity index (χ3n) is 3.95. The van der Waals surface area contributed by atoms with Crippen molar-refractivity contribution in [3.05, 3.63) is 0 Å². The van der Waals surface area contributed by atoms with Gasteiger partial charge in [-0.25, -0.2) is 0 Å². The summed E-state index contributed by atoms with van der Waals surface area (Å²) in [7, 11) is 0. The molecule has 13 heavy (non-hydrogen) atoms. The van der Waals surface area contributed by atoms with Gasteiger partial charge in [-0.2, -0.15) is 0 Å². The zero-order valence-electron chi connectivity index (χ0n) is 8.44. The zero-order valence-corrected chi connectivity index (χ0v) is 8.44. The van der Waals surface area contributed by atoms with Crippen LogP contribution in [0.15, 0.2) is 0 Å². The lowest BCUT2D eigenvalue weighted by Gasteiger charge is -2.34. The van der Waals surface area contributed by atoms with E-state index in [9.17, 15) is 4.79 Å². The Hall–Kier alpha value is -0.530. The second-order valence-electron chi connectivity index (χ2n) is 4.76. The van der Waals surface area contributed by atoms with E-state index >= 15 is 0 Å². The van der Waals surface area contributed by atoms with Gasteiger partial charge in [-0.05, 0) is 25.2 Å². The lowest BCUT2D eigenvalue weighted by molar-refractivity contribution is -0.130. The van der Waals surface area contributed by atoms with Crippen LogP contribution in [0, 0.1) is 11.3 Å². The zero-order chi connectivity index (χ0) is 9.31. The second kappa shape index (κ2) is 3.32. The average molecular weight is 181 g/mol. The number of carbonyl (C=O) groups excluding carboxylic acids is 1. The Morgan fingerprint density at radius 1 is 1.31 bits per heavy atom. The van der Waals surface area contributed by atoms with E-state index in [1.54, 1.807) is 0 Å². The van der Waals surface area contributed by atoms with Gasteiger partial charge in [-0.3, -0.25) is 4.79 Å². The maximum atomic E-state index is 11.7. The molecule has 1 atom stereocenters. The summed E-state index contributed by atoms with van der Waals surface area (Å²) in [6.07, 6.45) is 7.61. The molecule has 1 unspecified atom stereocenters. The average Bonchev–Trinajstić information content (AvgIpc) is 2.50. The molecule has 2 nitrogen and oxygen atoms in total. The van der Waals surface area contributed by atoms with Crippen molar-refractivity contribution in [2.75, 3.05) is 6.54 Å². The highest BCUT2D eigenvalue weighted by Crippen LogP contribution is 2.42. The van der Waals surface area contributed by atoms with Crippen molar-refractivity contribution in [3.63, 3.8) is 0 Å². The number of amides is 1. The van der Waals surface area contributed by atoms with Gasteiger partial charge in [-0.15, -0.1) is 0 Å². The van der Waals surface area contributed by atoms with Crippen molar-refractivity contribution >= 4 is 5.91 Å². The van der Waals surface area contributed by atoms with Crippen LogP contribution in [0.5, 0.6) is 0 Å². The first-order chi connectivity index (χ1) is 6.23. The maximum absolute atomic E-state index is 11.7. The monoisotopic (exact) mass is 181 g/mol. The Balaban J connectivity index is 2.08. The van der Waals surface area contributed by atoms with Crippen LogP contribution in [0.3, 0.4) is 0 Å². The quantitative estimate of drug-likeness (QED) is 0.659. The van der Waals surface area contributed by atoms with Gasteiger partial charge >= 0.3 is 0 Å². The van der Waals surface area contributed by atoms with Crippen LogP contribution >= 0.6 is 0 Å². The normalized spacial score (nSPS) is 36.2. The molecule has 1 aliphatic carbocycles. The summed E-state index contributed by atoms with van der Waals surface area (Å²) < 4.78 is 0. The molecule has 0 radical (unpaired) electrons. The van der Waals surface area contributed by atoms with Crippen molar-refractivity contribution < 1.29 is 4.79 Å². The van der Waals surface area contributed by atoms with Crippen LogP contribution in [-0.2, 0) is 4.79 Å². The van der Waals surface area contributed by atoms with E-state index in [0.717, 1.165) is 13.0 Å². The van der Waals surface area contributed by atoms with Crippen molar-refractivity contribution in [2.45, 2.75) is 45.4 Å². The molecule has 1 heterocycles. The Labute approximate surface area is 80.1 Å². The van der Waals surface area contributed by atoms with Crippen LogP contribution < -0.4 is 5.32 Å². The molecule has 0 aromatic carbocycles. The molecule has 1 saturated heterocycles. The molecule has 0 aromatic heterocycles. The lowest BCUT2D eigenvalue weighted by atomic mass is 9.69. The van der Waals surface area contributed by atoms with E-state index in [0.29, 0.717) is 11.8 Å². The minimum absolute atomic E-state index is 0.0274. The SMILES string of the molecule is CC1(C2CCCCC2)CCNC1=O. The van der Waals surface area contributed by atoms with Crippen LogP contribution in [0.2, 0.25) is 0 Å². The molecule has 0 aromatic rings. The summed E-state index contributed by atoms with van der Waals surface area (Å²) in [6, 6.07) is 0. The first-order valence-electron chi connectivity index (χ1n) is 5.52. The fourth-order valence-corrected chi connectivity index (χ4v) is 2.88. The smallest absolute Gasteiger partial charge is 0.226 e. The summed E-state index contributed by atoms with van der Waals surface area (Å²) in [5.74, 6) is 0.961. The third kappa shape index (κ3) is 1.47. The van der Waals surface area contributed by atoms with Gasteiger partial charge in [0.25, 0.3) is 0 Å². The molecular formula is C11H19NO. The standard InChI is InChI=1S/C11H19NO/c1-11(7-8-12-10(11)13)9-5-3-2-4-6-9/h9H,2-8H2,1H3,(H,12,13). The summed E-state index contributed by atoms with van der Waals surface area (Å²) in [5.41, 5.74) is -0.0274. The third-order valence-corrected chi connectivity index (χ3v) is 3.95. The Morgan fingerprint density at radius 3 is 2.54 bits per heavy atom. The van der Waals surface area contributed by atoms with Crippen LogP contribution in [0.1, 0.15) is 45.4 Å². The van der Waals surface area contributed by atoms with E-state index in [2.05, 4.69) is 12.2 Å². The molecule has 1 N–H and O–H groups in total. The lowest BCUT2D eigenvalue weighted by Crippen LogP contribution is -2.36. The minimum Gasteiger partial charge on any atom is -0.356 e. The summed E-state index contributed by atoms with van der Waals surface area (Å²) >= 11 is 0. The molecular weight excluding hydrogens is 162 g/mol. The van der Waals surface area contributed by atoms with E-state index in [1.165, 1.54) is 32.1 Å². The summed E-state index contributed by atoms with van der Waals surface area (Å²) in [6.45, 7) is 3.05. The highest BCUT2D eigenvalue weighted by Gasteiger charge is 2.44. The predicted molar refractivity (Wildman–Crippen MR) is 52.3 cm³/mol. The molecule has 2 heteroatoms. The number of hydrogen-bond acceptors (Lipinski definition) is 1. The van der Waals surface area contributed by atoms with Gasteiger partial charge in [-0.1, -0.05) is 26.2 Å². The fourth-order valence-electron chi connectivity index (χ4n) is 2.88. The molecule has 1 amide bonds. The van der Waals surface area contributed by atoms with Gasteiger partial charge in [0.2, 0.25) is 5.91 Å². The van der Waals surface area contributed by atoms with E-state index < -0.39 is 0 Å². The molecule has 2 fully saturated rings. The predicted octanol–water partition coefficient (Wildman–Crippen LogP) is 2.09. The van der Waals surface area contributed by atoms with Crippen LogP contribution in [0.25, 0.3) is 0 Å². The maximum Gasteiger partial charge on any atom is 0.226 e. The largest absolute Gasteiger partial charge is 0.356 e. The molecule has 1 aliphatic heterocycles. The summed E-state index contributed by atoms with van der Waals surface area (Å²) in [5, 5.41) is 2.97. The number of rotatable bonds is 1. The van der Waals surface area contributed by atoms with Crippen LogP contribution in [0.4, 0.5) is 0 Å². The minimum atomic E-state index is -0.0274. The number of hydrogen-bond donors (Lipinski definition) is 1. The fraction of sp³-hybridized carbons (Fsp3) is 0.909. The Morgan fingerprint density at radius 2 is 2.00 bits per heavy atom. The number of carbonyl (C=O) groups is 1. The van der Waals surface area contributed by atoms with Gasteiger partial charge in [0, 0.05) is 6.54 Å².